The highest BCUT2D eigenvalue weighted by molar-refractivity contribution is 7.46. The lowest BCUT2D eigenvalue weighted by atomic mass is 10.0. The molecule has 2 aromatic rings. The number of imidazole rings is 1. The number of nitrogens with two attached hydrogens (primary N) is 1. The lowest BCUT2D eigenvalue weighted by molar-refractivity contribution is -0.138. The number of amides is 6. The van der Waals surface area contributed by atoms with Crippen molar-refractivity contribution in [1.82, 2.24) is 35.7 Å². The van der Waals surface area contributed by atoms with Gasteiger partial charge in [-0.1, -0.05) is 69.9 Å². The third-order valence-electron chi connectivity index (χ3n) is 10.1. The van der Waals surface area contributed by atoms with E-state index in [1.165, 1.54) is 23.6 Å². The van der Waals surface area contributed by atoms with Crippen LogP contribution < -0.4 is 27.0 Å². The van der Waals surface area contributed by atoms with Gasteiger partial charge in [-0.15, -0.1) is 0 Å². The van der Waals surface area contributed by atoms with E-state index in [1.807, 2.05) is 36.6 Å². The van der Waals surface area contributed by atoms with Crippen molar-refractivity contribution in [1.29, 1.82) is 0 Å². The molecule has 19 nitrogen and oxygen atoms in total. The molecule has 1 aliphatic rings. The van der Waals surface area contributed by atoms with Gasteiger partial charge in [0.05, 0.1) is 12.4 Å². The SMILES string of the molecule is CC(=O)N1CCC[C@H]1C(=O)N[C@@H](CC(C)C)C(=O)N[C@@H](Cc1cncn1CCCCCCCCc1ccccc1)C(=O)N/C(=C/O)C(=O)N[C@H](C(N)=O)[C@@H](C)OP(=O)(O)O. The van der Waals surface area contributed by atoms with Crippen molar-refractivity contribution in [3.63, 3.8) is 0 Å². The summed E-state index contributed by atoms with van der Waals surface area (Å²) in [5.74, 6) is -5.09. The summed E-state index contributed by atoms with van der Waals surface area (Å²) in [4.78, 5) is 103. The average Bonchev–Trinajstić information content (AvgIpc) is 3.86. The summed E-state index contributed by atoms with van der Waals surface area (Å²) in [5.41, 5.74) is 6.41. The van der Waals surface area contributed by atoms with Gasteiger partial charge in [-0.05, 0) is 56.9 Å². The molecule has 332 valence electrons. The van der Waals surface area contributed by atoms with Crippen LogP contribution in [0.4, 0.5) is 0 Å². The Bertz CT molecular complexity index is 1830. The zero-order valence-corrected chi connectivity index (χ0v) is 35.6. The number of carbonyl (C=O) groups excluding carboxylic acids is 6. The van der Waals surface area contributed by atoms with E-state index in [0.29, 0.717) is 31.6 Å². The molecule has 0 saturated carbocycles. The fourth-order valence-electron chi connectivity index (χ4n) is 7.04. The van der Waals surface area contributed by atoms with Gasteiger partial charge in [0.2, 0.25) is 29.5 Å². The molecule has 5 atom stereocenters. The van der Waals surface area contributed by atoms with E-state index in [2.05, 4.69) is 42.9 Å². The fourth-order valence-corrected chi connectivity index (χ4v) is 7.60. The van der Waals surface area contributed by atoms with Gasteiger partial charge in [0.25, 0.3) is 5.91 Å². The van der Waals surface area contributed by atoms with E-state index in [0.717, 1.165) is 51.9 Å². The number of primary amides is 1. The molecule has 0 spiro atoms. The van der Waals surface area contributed by atoms with Crippen molar-refractivity contribution in [2.45, 2.75) is 135 Å². The zero-order valence-electron chi connectivity index (χ0n) is 34.7. The van der Waals surface area contributed by atoms with E-state index < -0.39 is 73.3 Å². The van der Waals surface area contributed by atoms with E-state index in [1.54, 1.807) is 6.33 Å². The average molecular weight is 861 g/mol. The van der Waals surface area contributed by atoms with E-state index in [4.69, 9.17) is 5.73 Å². The molecule has 3 rings (SSSR count). The zero-order chi connectivity index (χ0) is 44.4. The van der Waals surface area contributed by atoms with Crippen LogP contribution in [0.1, 0.15) is 96.7 Å². The summed E-state index contributed by atoms with van der Waals surface area (Å²) in [6.07, 6.45) is 9.96. The number of carbonyl (C=O) groups is 6. The molecule has 0 unspecified atom stereocenters. The third kappa shape index (κ3) is 16.5. The summed E-state index contributed by atoms with van der Waals surface area (Å²) >= 11 is 0. The number of nitrogens with one attached hydrogen (secondary N) is 4. The lowest BCUT2D eigenvalue weighted by Crippen LogP contribution is -2.57. The van der Waals surface area contributed by atoms with Crippen LogP contribution in [-0.4, -0.2) is 102 Å². The number of rotatable bonds is 25. The maximum absolute atomic E-state index is 14.0. The van der Waals surface area contributed by atoms with Crippen LogP contribution in [-0.2, 0) is 57.2 Å². The van der Waals surface area contributed by atoms with Crippen LogP contribution in [0.5, 0.6) is 0 Å². The van der Waals surface area contributed by atoms with Crippen LogP contribution in [0, 0.1) is 5.92 Å². The Labute approximate surface area is 350 Å². The van der Waals surface area contributed by atoms with Crippen molar-refractivity contribution in [3.8, 4) is 0 Å². The van der Waals surface area contributed by atoms with Gasteiger partial charge in [0.1, 0.15) is 36.1 Å². The van der Waals surface area contributed by atoms with Gasteiger partial charge in [-0.25, -0.2) is 9.55 Å². The number of unbranched alkanes of at least 4 members (excludes halogenated alkanes) is 5. The number of phosphoric acid groups is 1. The number of aryl methyl sites for hydroxylation is 2. The monoisotopic (exact) mass is 860 g/mol. The number of aliphatic hydroxyl groups excluding tert-OH is 1. The smallest absolute Gasteiger partial charge is 0.469 e. The molecule has 0 bridgehead atoms. The third-order valence-corrected chi connectivity index (χ3v) is 10.7. The Morgan fingerprint density at radius 1 is 0.950 bits per heavy atom. The number of aliphatic hydroxyl groups is 1. The maximum Gasteiger partial charge on any atom is 0.469 e. The molecule has 9 N–H and O–H groups in total. The number of nitrogens with zero attached hydrogens (tertiary/aromatic N) is 3. The van der Waals surface area contributed by atoms with Crippen molar-refractivity contribution in [3.05, 3.63) is 66.1 Å². The molecule has 6 amide bonds. The number of aromatic nitrogens is 2. The maximum atomic E-state index is 14.0. The molecule has 2 heterocycles. The number of hydrogen-bond acceptors (Lipinski definition) is 10. The molecule has 0 radical (unpaired) electrons. The molecule has 1 aromatic heterocycles. The molecule has 1 fully saturated rings. The first-order chi connectivity index (χ1) is 28.4. The standard InChI is InChI=1S/C40H61N8O11P/c1-26(2)21-31(44-40(55)34-18-14-20-48(34)28(4)50)37(52)43-32(38(53)45-33(24-49)39(54)46-35(36(41)51)27(3)59-60(56,57)58)22-30-23-42-25-47(30)19-13-8-6-5-7-10-15-29-16-11-9-12-17-29/h9,11-12,16-17,23-27,31-32,34-35,49H,5-8,10,13-15,18-22H2,1-4H3,(H2,41,51)(H,43,52)(H,44,55)(H,45,53)(H,46,54)(H2,56,57,58)/b33-24+/t27-,31+,32+,34+,35+/m1/s1. The predicted molar refractivity (Wildman–Crippen MR) is 220 cm³/mol. The molecule has 1 aliphatic heterocycles. The highest BCUT2D eigenvalue weighted by atomic mass is 31.2. The molecular weight excluding hydrogens is 799 g/mol. The Morgan fingerprint density at radius 3 is 2.23 bits per heavy atom. The van der Waals surface area contributed by atoms with Gasteiger partial charge in [-0.2, -0.15) is 0 Å². The quantitative estimate of drug-likeness (QED) is 0.0308. The van der Waals surface area contributed by atoms with Gasteiger partial charge in [-0.3, -0.25) is 33.3 Å². The Morgan fingerprint density at radius 2 is 1.62 bits per heavy atom. The second-order valence-corrected chi connectivity index (χ2v) is 16.6. The molecule has 1 aromatic carbocycles. The van der Waals surface area contributed by atoms with Gasteiger partial charge in [0.15, 0.2) is 0 Å². The topological polar surface area (TPSA) is 285 Å². The molecule has 1 saturated heterocycles. The van der Waals surface area contributed by atoms with E-state index >= 15 is 0 Å². The van der Waals surface area contributed by atoms with Crippen molar-refractivity contribution in [2.24, 2.45) is 11.7 Å². The van der Waals surface area contributed by atoms with Crippen LogP contribution in [0.15, 0.2) is 54.8 Å². The van der Waals surface area contributed by atoms with Gasteiger partial charge >= 0.3 is 7.82 Å². The first-order valence-corrected chi connectivity index (χ1v) is 21.8. The normalized spacial score (nSPS) is 16.4. The number of benzene rings is 1. The highest BCUT2D eigenvalue weighted by Gasteiger charge is 2.36. The first kappa shape index (κ1) is 49.3. The Kier molecular flexibility index (Phi) is 19.9. The molecule has 20 heteroatoms. The molecule has 0 aliphatic carbocycles. The number of hydrogen-bond donors (Lipinski definition) is 8. The van der Waals surface area contributed by atoms with Crippen LogP contribution in [0.25, 0.3) is 0 Å². The summed E-state index contributed by atoms with van der Waals surface area (Å²) in [6.45, 7) is 7.10. The summed E-state index contributed by atoms with van der Waals surface area (Å²) in [5, 5.41) is 19.8. The van der Waals surface area contributed by atoms with E-state index in [-0.39, 0.29) is 30.9 Å². The van der Waals surface area contributed by atoms with Gasteiger partial charge < -0.3 is 51.4 Å². The number of phosphoric ester groups is 1. The molecular formula is C40H61N8O11P. The predicted octanol–water partition coefficient (Wildman–Crippen LogP) is 2.02. The molecule has 60 heavy (non-hydrogen) atoms. The van der Waals surface area contributed by atoms with Gasteiger partial charge in [0, 0.05) is 38.3 Å². The van der Waals surface area contributed by atoms with E-state index in [9.17, 15) is 48.2 Å². The summed E-state index contributed by atoms with van der Waals surface area (Å²) < 4.78 is 17.7. The van der Waals surface area contributed by atoms with Crippen molar-refractivity contribution < 1.29 is 52.7 Å². The van der Waals surface area contributed by atoms with Crippen LogP contribution in [0.2, 0.25) is 0 Å². The van der Waals surface area contributed by atoms with Crippen molar-refractivity contribution >= 4 is 43.3 Å². The van der Waals surface area contributed by atoms with Crippen LogP contribution >= 0.6 is 7.82 Å². The van der Waals surface area contributed by atoms with Crippen molar-refractivity contribution in [2.75, 3.05) is 6.54 Å². The minimum Gasteiger partial charge on any atom is -0.513 e. The minimum atomic E-state index is -5.12. The fraction of sp³-hybridized carbons (Fsp3) is 0.575. The highest BCUT2D eigenvalue weighted by Crippen LogP contribution is 2.38. The van der Waals surface area contributed by atoms with Crippen LogP contribution in [0.3, 0.4) is 0 Å². The first-order valence-electron chi connectivity index (χ1n) is 20.3. The minimum absolute atomic E-state index is 0.0890. The summed E-state index contributed by atoms with van der Waals surface area (Å²) in [7, 11) is -5.12. The lowest BCUT2D eigenvalue weighted by Gasteiger charge is -2.28. The largest absolute Gasteiger partial charge is 0.513 e. The Hall–Kier alpha value is -5.10. The second-order valence-electron chi connectivity index (χ2n) is 15.4. The summed E-state index contributed by atoms with van der Waals surface area (Å²) in [6, 6.07) is 5.23. The number of likely N-dealkylation sites (tertiary alicyclic amines) is 1. The second kappa shape index (κ2) is 24.2. The Balaban J connectivity index is 1.77.